The number of rotatable bonds is 3. The van der Waals surface area contributed by atoms with Crippen LogP contribution < -0.4 is 4.90 Å². The molecule has 1 aromatic rings. The molecule has 1 unspecified atom stereocenters. The third-order valence-electron chi connectivity index (χ3n) is 3.52. The zero-order chi connectivity index (χ0) is 12.3. The van der Waals surface area contributed by atoms with Gasteiger partial charge >= 0.3 is 0 Å². The van der Waals surface area contributed by atoms with Crippen LogP contribution in [0.5, 0.6) is 0 Å². The molecule has 2 nitrogen and oxygen atoms in total. The Kier molecular flexibility index (Phi) is 4.06. The van der Waals surface area contributed by atoms with Gasteiger partial charge < -0.3 is 4.90 Å². The van der Waals surface area contributed by atoms with E-state index in [2.05, 4.69) is 11.8 Å². The number of piperidine rings is 1. The lowest BCUT2D eigenvalue weighted by atomic mass is 9.98. The van der Waals surface area contributed by atoms with Crippen molar-refractivity contribution in [2.24, 2.45) is 0 Å². The van der Waals surface area contributed by atoms with Gasteiger partial charge in [0, 0.05) is 28.9 Å². The Hall–Kier alpha value is -1.02. The highest BCUT2D eigenvalue weighted by molar-refractivity contribution is 6.31. The third-order valence-corrected chi connectivity index (χ3v) is 3.76. The first-order valence-corrected chi connectivity index (χ1v) is 6.65. The first-order chi connectivity index (χ1) is 8.26. The molecule has 0 N–H and O–H groups in total. The smallest absolute Gasteiger partial charge is 0.152 e. The van der Waals surface area contributed by atoms with Gasteiger partial charge in [-0.05, 0) is 43.9 Å². The summed E-state index contributed by atoms with van der Waals surface area (Å²) < 4.78 is 0. The first-order valence-electron chi connectivity index (χ1n) is 6.27. The average Bonchev–Trinajstić information content (AvgIpc) is 2.38. The summed E-state index contributed by atoms with van der Waals surface area (Å²) in [6.07, 6.45) is 5.75. The minimum Gasteiger partial charge on any atom is -0.368 e. The molecule has 1 heterocycles. The predicted molar refractivity (Wildman–Crippen MR) is 72.1 cm³/mol. The molecule has 1 aromatic carbocycles. The molecule has 0 saturated carbocycles. The van der Waals surface area contributed by atoms with E-state index < -0.39 is 0 Å². The van der Waals surface area contributed by atoms with E-state index in [1.165, 1.54) is 19.3 Å². The lowest BCUT2D eigenvalue weighted by Gasteiger charge is -2.37. The van der Waals surface area contributed by atoms with Gasteiger partial charge in [0.15, 0.2) is 6.29 Å². The van der Waals surface area contributed by atoms with Crippen LogP contribution in [-0.4, -0.2) is 18.9 Å². The van der Waals surface area contributed by atoms with Crippen molar-refractivity contribution in [3.63, 3.8) is 0 Å². The lowest BCUT2D eigenvalue weighted by molar-refractivity contribution is 0.112. The molecule has 1 saturated heterocycles. The summed E-state index contributed by atoms with van der Waals surface area (Å²) in [6, 6.07) is 6.15. The van der Waals surface area contributed by atoms with E-state index in [4.69, 9.17) is 11.6 Å². The van der Waals surface area contributed by atoms with Crippen molar-refractivity contribution in [2.75, 3.05) is 11.4 Å². The second kappa shape index (κ2) is 5.54. The van der Waals surface area contributed by atoms with E-state index in [9.17, 15) is 4.79 Å². The quantitative estimate of drug-likeness (QED) is 0.759. The second-order valence-corrected chi connectivity index (χ2v) is 5.01. The van der Waals surface area contributed by atoms with Gasteiger partial charge in [-0.3, -0.25) is 4.79 Å². The zero-order valence-electron chi connectivity index (χ0n) is 10.2. The van der Waals surface area contributed by atoms with Gasteiger partial charge in [0.25, 0.3) is 0 Å². The van der Waals surface area contributed by atoms with Crippen LogP contribution >= 0.6 is 11.6 Å². The Morgan fingerprint density at radius 3 is 3.00 bits per heavy atom. The number of aldehydes is 1. The van der Waals surface area contributed by atoms with Crippen LogP contribution in [-0.2, 0) is 0 Å². The molecule has 1 fully saturated rings. The first kappa shape index (κ1) is 12.4. The zero-order valence-corrected chi connectivity index (χ0v) is 10.9. The number of anilines is 1. The fraction of sp³-hybridized carbons (Fsp3) is 0.500. The number of carbonyl (C=O) groups is 1. The van der Waals surface area contributed by atoms with E-state index in [1.807, 2.05) is 12.1 Å². The molecular formula is C14H18ClNO. The molecular weight excluding hydrogens is 234 g/mol. The van der Waals surface area contributed by atoms with Crippen LogP contribution in [0.1, 0.15) is 43.0 Å². The summed E-state index contributed by atoms with van der Waals surface area (Å²) in [6.45, 7) is 3.25. The van der Waals surface area contributed by atoms with Crippen LogP contribution in [0.4, 0.5) is 5.69 Å². The molecule has 2 rings (SSSR count). The summed E-state index contributed by atoms with van der Waals surface area (Å²) in [5, 5.41) is 0.626. The molecule has 1 atom stereocenters. The number of halogens is 1. The largest absolute Gasteiger partial charge is 0.368 e. The van der Waals surface area contributed by atoms with Gasteiger partial charge in [0.1, 0.15) is 0 Å². The molecule has 3 heteroatoms. The van der Waals surface area contributed by atoms with E-state index in [1.54, 1.807) is 6.07 Å². The van der Waals surface area contributed by atoms with Crippen LogP contribution in [0.25, 0.3) is 0 Å². The molecule has 0 aromatic heterocycles. The topological polar surface area (TPSA) is 20.3 Å². The maximum atomic E-state index is 11.1. The monoisotopic (exact) mass is 251 g/mol. The van der Waals surface area contributed by atoms with Crippen molar-refractivity contribution in [3.8, 4) is 0 Å². The molecule has 1 aliphatic heterocycles. The standard InChI is InChI=1S/C14H18ClNO/c1-2-13-5-3-4-8-16(13)14-7-6-12(15)9-11(14)10-17/h6-7,9-10,13H,2-5,8H2,1H3. The molecule has 92 valence electrons. The Balaban J connectivity index is 2.34. The highest BCUT2D eigenvalue weighted by Gasteiger charge is 2.22. The van der Waals surface area contributed by atoms with Gasteiger partial charge in [-0.25, -0.2) is 0 Å². The molecule has 0 radical (unpaired) electrons. The van der Waals surface area contributed by atoms with E-state index in [0.29, 0.717) is 16.6 Å². The molecule has 17 heavy (non-hydrogen) atoms. The van der Waals surface area contributed by atoms with Gasteiger partial charge in [-0.15, -0.1) is 0 Å². The Labute approximate surface area is 108 Å². The average molecular weight is 252 g/mol. The highest BCUT2D eigenvalue weighted by atomic mass is 35.5. The fourth-order valence-electron chi connectivity index (χ4n) is 2.62. The van der Waals surface area contributed by atoms with Gasteiger partial charge in [0.2, 0.25) is 0 Å². The minimum absolute atomic E-state index is 0.559. The fourth-order valence-corrected chi connectivity index (χ4v) is 2.80. The number of carbonyl (C=O) groups excluding carboxylic acids is 1. The summed E-state index contributed by atoms with van der Waals surface area (Å²) in [5.74, 6) is 0. The van der Waals surface area contributed by atoms with Crippen molar-refractivity contribution in [2.45, 2.75) is 38.6 Å². The normalized spacial score (nSPS) is 20.4. The van der Waals surface area contributed by atoms with Crippen LogP contribution in [0.15, 0.2) is 18.2 Å². The molecule has 0 bridgehead atoms. The Morgan fingerprint density at radius 1 is 1.47 bits per heavy atom. The Bertz CT molecular complexity index is 405. The van der Waals surface area contributed by atoms with Crippen molar-refractivity contribution < 1.29 is 4.79 Å². The number of hydrogen-bond acceptors (Lipinski definition) is 2. The van der Waals surface area contributed by atoms with Crippen LogP contribution in [0.2, 0.25) is 5.02 Å². The van der Waals surface area contributed by atoms with E-state index in [-0.39, 0.29) is 0 Å². The predicted octanol–water partition coefficient (Wildman–Crippen LogP) is 3.92. The summed E-state index contributed by atoms with van der Waals surface area (Å²) in [5.41, 5.74) is 1.74. The highest BCUT2D eigenvalue weighted by Crippen LogP contribution is 2.30. The lowest BCUT2D eigenvalue weighted by Crippen LogP contribution is -2.39. The number of hydrogen-bond donors (Lipinski definition) is 0. The molecule has 0 spiro atoms. The molecule has 1 aliphatic rings. The van der Waals surface area contributed by atoms with Crippen molar-refractivity contribution >= 4 is 23.6 Å². The summed E-state index contributed by atoms with van der Waals surface area (Å²) >= 11 is 5.93. The summed E-state index contributed by atoms with van der Waals surface area (Å²) in [7, 11) is 0. The minimum atomic E-state index is 0.559. The SMILES string of the molecule is CCC1CCCCN1c1ccc(Cl)cc1C=O. The van der Waals surface area contributed by atoms with Crippen molar-refractivity contribution in [3.05, 3.63) is 28.8 Å². The van der Waals surface area contributed by atoms with Crippen molar-refractivity contribution in [1.82, 2.24) is 0 Å². The van der Waals surface area contributed by atoms with Crippen LogP contribution in [0, 0.1) is 0 Å². The van der Waals surface area contributed by atoms with Gasteiger partial charge in [-0.2, -0.15) is 0 Å². The molecule has 0 amide bonds. The number of nitrogens with zero attached hydrogens (tertiary/aromatic N) is 1. The number of benzene rings is 1. The molecule has 0 aliphatic carbocycles. The second-order valence-electron chi connectivity index (χ2n) is 4.57. The van der Waals surface area contributed by atoms with Gasteiger partial charge in [-0.1, -0.05) is 18.5 Å². The maximum absolute atomic E-state index is 11.1. The third kappa shape index (κ3) is 2.63. The van der Waals surface area contributed by atoms with Crippen molar-refractivity contribution in [1.29, 1.82) is 0 Å². The van der Waals surface area contributed by atoms with Gasteiger partial charge in [0.05, 0.1) is 0 Å². The van der Waals surface area contributed by atoms with Crippen LogP contribution in [0.3, 0.4) is 0 Å². The van der Waals surface area contributed by atoms with E-state index in [0.717, 1.165) is 24.9 Å². The summed E-state index contributed by atoms with van der Waals surface area (Å²) in [4.78, 5) is 13.5. The Morgan fingerprint density at radius 2 is 2.29 bits per heavy atom. The maximum Gasteiger partial charge on any atom is 0.152 e. The van der Waals surface area contributed by atoms with E-state index >= 15 is 0 Å².